The van der Waals surface area contributed by atoms with Crippen molar-refractivity contribution >= 4 is 5.78 Å². The van der Waals surface area contributed by atoms with E-state index in [1.807, 2.05) is 18.2 Å². The number of hydrogen-bond donors (Lipinski definition) is 1. The van der Waals surface area contributed by atoms with Crippen molar-refractivity contribution in [2.24, 2.45) is 5.73 Å². The quantitative estimate of drug-likeness (QED) is 0.756. The van der Waals surface area contributed by atoms with Gasteiger partial charge in [-0.25, -0.2) is 0 Å². The van der Waals surface area contributed by atoms with Crippen molar-refractivity contribution in [3.63, 3.8) is 0 Å². The molecule has 1 aliphatic rings. The van der Waals surface area contributed by atoms with E-state index in [9.17, 15) is 4.79 Å². The molecule has 0 spiro atoms. The Morgan fingerprint density at radius 1 is 1.40 bits per heavy atom. The van der Waals surface area contributed by atoms with Crippen LogP contribution in [-0.2, 0) is 17.8 Å². The van der Waals surface area contributed by atoms with E-state index >= 15 is 0 Å². The summed E-state index contributed by atoms with van der Waals surface area (Å²) < 4.78 is 5.34. The Labute approximate surface area is 89.2 Å². The fourth-order valence-corrected chi connectivity index (χ4v) is 1.81. The van der Waals surface area contributed by atoms with E-state index in [1.54, 1.807) is 0 Å². The van der Waals surface area contributed by atoms with E-state index in [2.05, 4.69) is 0 Å². The molecule has 0 unspecified atom stereocenters. The van der Waals surface area contributed by atoms with Gasteiger partial charge in [-0.15, -0.1) is 0 Å². The highest BCUT2D eigenvalue weighted by atomic mass is 16.5. The monoisotopic (exact) mass is 205 g/mol. The maximum absolute atomic E-state index is 11.6. The van der Waals surface area contributed by atoms with E-state index in [-0.39, 0.29) is 5.78 Å². The zero-order valence-electron chi connectivity index (χ0n) is 8.66. The van der Waals surface area contributed by atoms with Crippen LogP contribution < -0.4 is 5.73 Å². The van der Waals surface area contributed by atoms with Crippen molar-refractivity contribution in [1.82, 2.24) is 0 Å². The molecule has 0 fully saturated rings. The Morgan fingerprint density at radius 3 is 3.07 bits per heavy atom. The van der Waals surface area contributed by atoms with Gasteiger partial charge in [0.1, 0.15) is 0 Å². The predicted octanol–water partition coefficient (Wildman–Crippen LogP) is 1.29. The number of Topliss-reactive ketones (excluding diaryl/α,β-unsaturated/α-hetero) is 1. The molecular formula is C12H15NO2. The Balaban J connectivity index is 2.24. The molecule has 0 amide bonds. The van der Waals surface area contributed by atoms with Crippen LogP contribution in [0.4, 0.5) is 0 Å². The van der Waals surface area contributed by atoms with Gasteiger partial charge in [0.15, 0.2) is 5.78 Å². The van der Waals surface area contributed by atoms with Crippen molar-refractivity contribution in [2.45, 2.75) is 19.4 Å². The van der Waals surface area contributed by atoms with Gasteiger partial charge < -0.3 is 10.5 Å². The highest BCUT2D eigenvalue weighted by molar-refractivity contribution is 5.96. The van der Waals surface area contributed by atoms with Gasteiger partial charge in [0, 0.05) is 12.0 Å². The van der Waals surface area contributed by atoms with Gasteiger partial charge in [-0.1, -0.05) is 12.1 Å². The van der Waals surface area contributed by atoms with Gasteiger partial charge in [0.2, 0.25) is 0 Å². The Hall–Kier alpha value is -1.19. The molecular weight excluding hydrogens is 190 g/mol. The molecule has 0 atom stereocenters. The normalized spacial score (nSPS) is 14.7. The third kappa shape index (κ3) is 2.25. The van der Waals surface area contributed by atoms with Crippen molar-refractivity contribution in [3.05, 3.63) is 34.9 Å². The summed E-state index contributed by atoms with van der Waals surface area (Å²) in [6, 6.07) is 5.83. The first-order valence-electron chi connectivity index (χ1n) is 5.24. The number of carbonyl (C=O) groups is 1. The molecule has 15 heavy (non-hydrogen) atoms. The van der Waals surface area contributed by atoms with Crippen molar-refractivity contribution in [3.8, 4) is 0 Å². The zero-order chi connectivity index (χ0) is 10.7. The average Bonchev–Trinajstić information content (AvgIpc) is 2.29. The van der Waals surface area contributed by atoms with Crippen LogP contribution >= 0.6 is 0 Å². The fourth-order valence-electron chi connectivity index (χ4n) is 1.81. The van der Waals surface area contributed by atoms with E-state index in [0.29, 0.717) is 19.6 Å². The number of fused-ring (bicyclic) bond motifs is 1. The highest BCUT2D eigenvalue weighted by Crippen LogP contribution is 2.18. The molecule has 0 aromatic heterocycles. The topological polar surface area (TPSA) is 52.3 Å². The average molecular weight is 205 g/mol. The van der Waals surface area contributed by atoms with E-state index in [4.69, 9.17) is 10.5 Å². The molecule has 0 aliphatic carbocycles. The fraction of sp³-hybridized carbons (Fsp3) is 0.417. The van der Waals surface area contributed by atoms with Gasteiger partial charge >= 0.3 is 0 Å². The molecule has 0 bridgehead atoms. The van der Waals surface area contributed by atoms with Gasteiger partial charge in [-0.3, -0.25) is 4.79 Å². The molecule has 1 heterocycles. The molecule has 0 radical (unpaired) electrons. The van der Waals surface area contributed by atoms with Crippen LogP contribution in [0.1, 0.15) is 27.9 Å². The number of rotatable bonds is 3. The smallest absolute Gasteiger partial charge is 0.164 e. The molecule has 0 saturated heterocycles. The van der Waals surface area contributed by atoms with Crippen LogP contribution in [0.3, 0.4) is 0 Å². The maximum atomic E-state index is 11.6. The number of ketones is 1. The van der Waals surface area contributed by atoms with Gasteiger partial charge in [-0.05, 0) is 30.2 Å². The summed E-state index contributed by atoms with van der Waals surface area (Å²) in [6.45, 7) is 1.83. The van der Waals surface area contributed by atoms with Crippen LogP contribution in [0.25, 0.3) is 0 Å². The summed E-state index contributed by atoms with van der Waals surface area (Å²) in [5.41, 5.74) is 8.58. The lowest BCUT2D eigenvalue weighted by Crippen LogP contribution is -2.12. The molecule has 3 nitrogen and oxygen atoms in total. The molecule has 2 N–H and O–H groups in total. The first-order chi connectivity index (χ1) is 7.31. The molecule has 80 valence electrons. The number of ether oxygens (including phenoxy) is 1. The molecule has 1 aromatic carbocycles. The van der Waals surface area contributed by atoms with Crippen LogP contribution in [0.2, 0.25) is 0 Å². The molecule has 1 aromatic rings. The summed E-state index contributed by atoms with van der Waals surface area (Å²) in [5.74, 6) is 0.131. The molecule has 0 saturated carbocycles. The third-order valence-corrected chi connectivity index (χ3v) is 2.67. The number of carbonyl (C=O) groups excluding carboxylic acids is 1. The molecule has 2 rings (SSSR count). The Morgan fingerprint density at radius 2 is 2.27 bits per heavy atom. The van der Waals surface area contributed by atoms with Crippen molar-refractivity contribution < 1.29 is 9.53 Å². The standard InChI is InChI=1S/C12H15NO2/c13-5-3-12(14)10-1-2-11-8-15-6-4-9(11)7-10/h1-2,7H,3-6,8,13H2. The number of hydrogen-bond acceptors (Lipinski definition) is 3. The van der Waals surface area contributed by atoms with Gasteiger partial charge in [0.05, 0.1) is 13.2 Å². The SMILES string of the molecule is NCCC(=O)c1ccc2c(c1)CCOC2. The third-order valence-electron chi connectivity index (χ3n) is 2.67. The highest BCUT2D eigenvalue weighted by Gasteiger charge is 2.12. The summed E-state index contributed by atoms with van der Waals surface area (Å²) in [6.07, 6.45) is 1.33. The first-order valence-corrected chi connectivity index (χ1v) is 5.24. The Kier molecular flexibility index (Phi) is 3.14. The van der Waals surface area contributed by atoms with Crippen LogP contribution in [-0.4, -0.2) is 18.9 Å². The summed E-state index contributed by atoms with van der Waals surface area (Å²) in [4.78, 5) is 11.6. The second kappa shape index (κ2) is 4.55. The second-order valence-corrected chi connectivity index (χ2v) is 3.75. The minimum Gasteiger partial charge on any atom is -0.376 e. The van der Waals surface area contributed by atoms with E-state index < -0.39 is 0 Å². The van der Waals surface area contributed by atoms with Crippen LogP contribution in [0.15, 0.2) is 18.2 Å². The minimum atomic E-state index is 0.131. The second-order valence-electron chi connectivity index (χ2n) is 3.75. The lowest BCUT2D eigenvalue weighted by molar-refractivity contribution is 0.0982. The summed E-state index contributed by atoms with van der Waals surface area (Å²) >= 11 is 0. The summed E-state index contributed by atoms with van der Waals surface area (Å²) in [7, 11) is 0. The van der Waals surface area contributed by atoms with Crippen LogP contribution in [0, 0.1) is 0 Å². The summed E-state index contributed by atoms with van der Waals surface area (Å²) in [5, 5.41) is 0. The largest absolute Gasteiger partial charge is 0.376 e. The van der Waals surface area contributed by atoms with Crippen molar-refractivity contribution in [2.75, 3.05) is 13.2 Å². The maximum Gasteiger partial charge on any atom is 0.164 e. The van der Waals surface area contributed by atoms with Crippen LogP contribution in [0.5, 0.6) is 0 Å². The number of benzene rings is 1. The van der Waals surface area contributed by atoms with Gasteiger partial charge in [0.25, 0.3) is 0 Å². The van der Waals surface area contributed by atoms with Crippen molar-refractivity contribution in [1.29, 1.82) is 0 Å². The molecule has 1 aliphatic heterocycles. The van der Waals surface area contributed by atoms with E-state index in [0.717, 1.165) is 18.6 Å². The number of nitrogens with two attached hydrogens (primary N) is 1. The van der Waals surface area contributed by atoms with E-state index in [1.165, 1.54) is 11.1 Å². The zero-order valence-corrected chi connectivity index (χ0v) is 8.66. The molecule has 3 heteroatoms. The lowest BCUT2D eigenvalue weighted by Gasteiger charge is -2.16. The first kappa shape index (κ1) is 10.3. The predicted molar refractivity (Wildman–Crippen MR) is 57.8 cm³/mol. The Bertz CT molecular complexity index is 374. The van der Waals surface area contributed by atoms with Gasteiger partial charge in [-0.2, -0.15) is 0 Å². The minimum absolute atomic E-state index is 0.131. The lowest BCUT2D eigenvalue weighted by atomic mass is 9.98.